The largest absolute Gasteiger partial charge is 0.324 e. The van der Waals surface area contributed by atoms with Crippen molar-refractivity contribution in [3.05, 3.63) is 94.6 Å². The van der Waals surface area contributed by atoms with E-state index in [1.165, 1.54) is 24.3 Å². The van der Waals surface area contributed by atoms with Crippen molar-refractivity contribution in [2.45, 2.75) is 31.2 Å². The van der Waals surface area contributed by atoms with Crippen LogP contribution in [-0.2, 0) is 16.6 Å². The van der Waals surface area contributed by atoms with Crippen LogP contribution in [0.3, 0.4) is 0 Å². The number of fused-ring (bicyclic) bond motifs is 1. The number of rotatable bonds is 4. The molecule has 0 saturated carbocycles. The van der Waals surface area contributed by atoms with E-state index in [-0.39, 0.29) is 28.7 Å². The summed E-state index contributed by atoms with van der Waals surface area (Å²) >= 11 is 0. The molecule has 4 rings (SSSR count). The molecule has 3 aromatic rings. The fraction of sp³-hybridized carbons (Fsp3) is 0.174. The molecule has 1 aliphatic rings. The molecule has 31 heavy (non-hydrogen) atoms. The second-order valence-electron chi connectivity index (χ2n) is 7.44. The highest BCUT2D eigenvalue weighted by atomic mass is 32.2. The predicted molar refractivity (Wildman–Crippen MR) is 117 cm³/mol. The number of hydrogen-bond acceptors (Lipinski definition) is 3. The molecule has 160 valence electrons. The van der Waals surface area contributed by atoms with Crippen LogP contribution in [0.25, 0.3) is 0 Å². The molecule has 0 aliphatic carbocycles. The molecule has 1 aliphatic heterocycles. The standard InChI is InChI=1S/C23H21F2N3O2S/c1-14-6-3-4-9-18(14)15(2)21-19(25)10-11-20-22(21)27-23(28-31(20,29)30)26-13-16-7-5-8-17(24)12-16/h3-12,15H,13H2,1-2H3,(H2,26,27,28). The van der Waals surface area contributed by atoms with Crippen LogP contribution in [0.4, 0.5) is 14.5 Å². The average Bonchev–Trinajstić information content (AvgIpc) is 2.71. The SMILES string of the molecule is Cc1ccccc1C(C)c1c(F)ccc2c1NC(=NCc1cccc(F)c1)NS2(=O)=O. The lowest BCUT2D eigenvalue weighted by molar-refractivity contribution is 0.586. The zero-order valence-electron chi connectivity index (χ0n) is 17.0. The van der Waals surface area contributed by atoms with Crippen LogP contribution in [-0.4, -0.2) is 14.4 Å². The van der Waals surface area contributed by atoms with Crippen LogP contribution >= 0.6 is 0 Å². The smallest absolute Gasteiger partial charge is 0.266 e. The van der Waals surface area contributed by atoms with Crippen molar-refractivity contribution in [3.8, 4) is 0 Å². The number of anilines is 1. The van der Waals surface area contributed by atoms with Gasteiger partial charge in [-0.05, 0) is 47.9 Å². The number of benzene rings is 3. The first-order chi connectivity index (χ1) is 14.8. The van der Waals surface area contributed by atoms with Crippen molar-refractivity contribution in [2.24, 2.45) is 4.99 Å². The number of sulfonamides is 1. The van der Waals surface area contributed by atoms with E-state index in [9.17, 15) is 17.2 Å². The third-order valence-electron chi connectivity index (χ3n) is 5.31. The molecule has 0 aromatic heterocycles. The van der Waals surface area contributed by atoms with Crippen molar-refractivity contribution in [2.75, 3.05) is 5.32 Å². The summed E-state index contributed by atoms with van der Waals surface area (Å²) in [7, 11) is -3.95. The number of halogens is 2. The Bertz CT molecular complexity index is 1290. The maximum atomic E-state index is 15.0. The van der Waals surface area contributed by atoms with Gasteiger partial charge in [0.05, 0.1) is 12.2 Å². The molecule has 0 radical (unpaired) electrons. The quantitative estimate of drug-likeness (QED) is 0.617. The molecule has 1 heterocycles. The van der Waals surface area contributed by atoms with E-state index in [4.69, 9.17) is 0 Å². The minimum atomic E-state index is -3.95. The summed E-state index contributed by atoms with van der Waals surface area (Å²) in [5, 5.41) is 2.94. The van der Waals surface area contributed by atoms with Crippen LogP contribution in [0.15, 0.2) is 70.6 Å². The predicted octanol–water partition coefficient (Wildman–Crippen LogP) is 4.69. The first-order valence-corrected chi connectivity index (χ1v) is 11.2. The Morgan fingerprint density at radius 2 is 1.81 bits per heavy atom. The van der Waals surface area contributed by atoms with Crippen LogP contribution in [0.5, 0.6) is 0 Å². The lowest BCUT2D eigenvalue weighted by atomic mass is 9.88. The topological polar surface area (TPSA) is 70.6 Å². The van der Waals surface area contributed by atoms with Gasteiger partial charge in [0, 0.05) is 11.5 Å². The van der Waals surface area contributed by atoms with Gasteiger partial charge in [-0.3, -0.25) is 0 Å². The van der Waals surface area contributed by atoms with Crippen molar-refractivity contribution in [1.29, 1.82) is 0 Å². The van der Waals surface area contributed by atoms with Gasteiger partial charge in [0.1, 0.15) is 16.5 Å². The summed E-state index contributed by atoms with van der Waals surface area (Å²) < 4.78 is 56.4. The van der Waals surface area contributed by atoms with E-state index >= 15 is 0 Å². The fourth-order valence-corrected chi connectivity index (χ4v) is 4.94. The first-order valence-electron chi connectivity index (χ1n) is 9.73. The van der Waals surface area contributed by atoms with Gasteiger partial charge in [0.15, 0.2) is 0 Å². The summed E-state index contributed by atoms with van der Waals surface area (Å²) in [5.74, 6) is -1.36. The summed E-state index contributed by atoms with van der Waals surface area (Å²) in [4.78, 5) is 4.19. The number of nitrogens with zero attached hydrogens (tertiary/aromatic N) is 1. The molecule has 0 amide bonds. The summed E-state index contributed by atoms with van der Waals surface area (Å²) in [5.41, 5.74) is 2.85. The highest BCUT2D eigenvalue weighted by molar-refractivity contribution is 7.90. The molecular weight excluding hydrogens is 420 g/mol. The van der Waals surface area contributed by atoms with E-state index in [0.29, 0.717) is 5.56 Å². The molecule has 0 bridgehead atoms. The Hall–Kier alpha value is -3.26. The van der Waals surface area contributed by atoms with Gasteiger partial charge >= 0.3 is 0 Å². The summed E-state index contributed by atoms with van der Waals surface area (Å²) in [6.07, 6.45) is 0. The third-order valence-corrected chi connectivity index (χ3v) is 6.70. The summed E-state index contributed by atoms with van der Waals surface area (Å²) in [6, 6.07) is 15.9. The number of aryl methyl sites for hydroxylation is 1. The molecule has 0 saturated heterocycles. The van der Waals surface area contributed by atoms with E-state index in [2.05, 4.69) is 15.0 Å². The van der Waals surface area contributed by atoms with Crippen molar-refractivity contribution < 1.29 is 17.2 Å². The maximum absolute atomic E-state index is 15.0. The van der Waals surface area contributed by atoms with Gasteiger partial charge in [-0.15, -0.1) is 0 Å². The molecule has 5 nitrogen and oxygen atoms in total. The van der Waals surface area contributed by atoms with Crippen molar-refractivity contribution >= 4 is 21.7 Å². The van der Waals surface area contributed by atoms with Gasteiger partial charge in [0.25, 0.3) is 10.0 Å². The monoisotopic (exact) mass is 441 g/mol. The Labute approximate surface area is 179 Å². The average molecular weight is 442 g/mol. The van der Waals surface area contributed by atoms with Crippen LogP contribution < -0.4 is 10.0 Å². The van der Waals surface area contributed by atoms with Crippen LogP contribution in [0.1, 0.15) is 35.1 Å². The third kappa shape index (κ3) is 4.16. The van der Waals surface area contributed by atoms with Crippen LogP contribution in [0, 0.1) is 18.6 Å². The lowest BCUT2D eigenvalue weighted by Crippen LogP contribution is -2.41. The normalized spacial score (nSPS) is 16.8. The molecule has 2 N–H and O–H groups in total. The number of guanidine groups is 1. The number of aliphatic imine (C=N–C) groups is 1. The Balaban J connectivity index is 1.77. The highest BCUT2D eigenvalue weighted by Crippen LogP contribution is 2.38. The van der Waals surface area contributed by atoms with E-state index in [0.717, 1.165) is 11.1 Å². The second-order valence-corrected chi connectivity index (χ2v) is 9.09. The molecule has 1 atom stereocenters. The molecule has 0 fully saturated rings. The first kappa shape index (κ1) is 21.0. The molecule has 1 unspecified atom stereocenters. The molecular formula is C23H21F2N3O2S. The Morgan fingerprint density at radius 1 is 1.03 bits per heavy atom. The van der Waals surface area contributed by atoms with Gasteiger partial charge in [-0.1, -0.05) is 43.3 Å². The van der Waals surface area contributed by atoms with Gasteiger partial charge in [0.2, 0.25) is 5.96 Å². The fourth-order valence-electron chi connectivity index (χ4n) is 3.78. The van der Waals surface area contributed by atoms with Crippen molar-refractivity contribution in [1.82, 2.24) is 4.72 Å². The van der Waals surface area contributed by atoms with Gasteiger partial charge in [-0.2, -0.15) is 0 Å². The zero-order valence-corrected chi connectivity index (χ0v) is 17.8. The minimum Gasteiger partial charge on any atom is -0.324 e. The molecule has 8 heteroatoms. The Morgan fingerprint density at radius 3 is 2.55 bits per heavy atom. The van der Waals surface area contributed by atoms with Crippen molar-refractivity contribution in [3.63, 3.8) is 0 Å². The van der Waals surface area contributed by atoms with E-state index in [1.54, 1.807) is 12.1 Å². The van der Waals surface area contributed by atoms with Crippen LogP contribution in [0.2, 0.25) is 0 Å². The Kier molecular flexibility index (Phi) is 5.49. The lowest BCUT2D eigenvalue weighted by Gasteiger charge is -2.27. The molecule has 3 aromatic carbocycles. The van der Waals surface area contributed by atoms with Gasteiger partial charge < -0.3 is 5.32 Å². The van der Waals surface area contributed by atoms with Gasteiger partial charge in [-0.25, -0.2) is 26.9 Å². The molecule has 0 spiro atoms. The van der Waals surface area contributed by atoms with E-state index < -0.39 is 27.6 Å². The maximum Gasteiger partial charge on any atom is 0.266 e. The van der Waals surface area contributed by atoms with E-state index in [1.807, 2.05) is 38.1 Å². The summed E-state index contributed by atoms with van der Waals surface area (Å²) in [6.45, 7) is 3.81. The zero-order chi connectivity index (χ0) is 22.2. The highest BCUT2D eigenvalue weighted by Gasteiger charge is 2.32. The number of nitrogens with one attached hydrogen (secondary N) is 2. The minimum absolute atomic E-state index is 0.0411. The second kappa shape index (κ2) is 8.11. The number of hydrogen-bond donors (Lipinski definition) is 2.